The molecule has 1 amide bonds. The van der Waals surface area contributed by atoms with Gasteiger partial charge in [0.05, 0.1) is 12.7 Å². The molecule has 27 heavy (non-hydrogen) atoms. The number of carbonyl (C=O) groups is 1. The van der Waals surface area contributed by atoms with Crippen molar-refractivity contribution in [2.75, 3.05) is 13.2 Å². The second-order valence-corrected chi connectivity index (χ2v) is 7.45. The summed E-state index contributed by atoms with van der Waals surface area (Å²) in [6.07, 6.45) is -3.91. The first-order valence-corrected chi connectivity index (χ1v) is 8.90. The van der Waals surface area contributed by atoms with E-state index >= 15 is 0 Å². The molecule has 0 aromatic heterocycles. The summed E-state index contributed by atoms with van der Waals surface area (Å²) < 4.78 is 46.4. The molecule has 152 valence electrons. The van der Waals surface area contributed by atoms with Crippen LogP contribution in [0.5, 0.6) is 0 Å². The zero-order valence-electron chi connectivity index (χ0n) is 15.9. The number of hydrogen-bond donors (Lipinski definition) is 2. The average molecular weight is 388 g/mol. The number of amides is 1. The molecule has 2 atom stereocenters. The van der Waals surface area contributed by atoms with Gasteiger partial charge in [-0.05, 0) is 18.1 Å². The van der Waals surface area contributed by atoms with E-state index in [1.165, 1.54) is 0 Å². The highest BCUT2D eigenvalue weighted by Gasteiger charge is 2.62. The maximum Gasteiger partial charge on any atom is 0.411 e. The van der Waals surface area contributed by atoms with E-state index < -0.39 is 23.7 Å². The second kappa shape index (κ2) is 8.16. The zero-order chi connectivity index (χ0) is 20.3. The van der Waals surface area contributed by atoms with Crippen molar-refractivity contribution in [3.8, 4) is 0 Å². The van der Waals surface area contributed by atoms with Crippen LogP contribution in [0.4, 0.5) is 13.2 Å². The molecule has 0 spiro atoms. The van der Waals surface area contributed by atoms with Gasteiger partial charge in [-0.25, -0.2) is 0 Å². The number of halogens is 3. The quantitative estimate of drug-likeness (QED) is 0.718. The molecule has 8 heteroatoms. The molecule has 1 saturated carbocycles. The molecule has 0 saturated heterocycles. The topological polar surface area (TPSA) is 73.6 Å². The summed E-state index contributed by atoms with van der Waals surface area (Å²) in [6, 6.07) is 6.83. The van der Waals surface area contributed by atoms with Crippen molar-refractivity contribution in [1.29, 1.82) is 0 Å². The summed E-state index contributed by atoms with van der Waals surface area (Å²) in [6.45, 7) is 5.22. The van der Waals surface area contributed by atoms with Crippen LogP contribution >= 0.6 is 0 Å². The van der Waals surface area contributed by atoms with Gasteiger partial charge in [0.1, 0.15) is 12.1 Å². The summed E-state index contributed by atoms with van der Waals surface area (Å²) in [5, 5.41) is 2.84. The predicted octanol–water partition coefficient (Wildman–Crippen LogP) is 2.91. The van der Waals surface area contributed by atoms with Crippen LogP contribution in [0.25, 0.3) is 0 Å². The highest BCUT2D eigenvalue weighted by atomic mass is 19.4. The van der Waals surface area contributed by atoms with Crippen molar-refractivity contribution in [2.45, 2.75) is 58.2 Å². The van der Waals surface area contributed by atoms with Crippen molar-refractivity contribution < 1.29 is 27.4 Å². The fourth-order valence-electron chi connectivity index (χ4n) is 3.20. The number of hydrogen-bond acceptors (Lipinski definition) is 4. The minimum absolute atomic E-state index is 0.0470. The highest BCUT2D eigenvalue weighted by Crippen LogP contribution is 2.49. The van der Waals surface area contributed by atoms with E-state index in [-0.39, 0.29) is 25.2 Å². The van der Waals surface area contributed by atoms with Gasteiger partial charge in [0.15, 0.2) is 0 Å². The Balaban J connectivity index is 1.83. The van der Waals surface area contributed by atoms with E-state index in [1.54, 1.807) is 24.3 Å². The Morgan fingerprint density at radius 2 is 1.85 bits per heavy atom. The molecular weight excluding hydrogens is 361 g/mol. The molecule has 0 radical (unpaired) electrons. The molecule has 0 bridgehead atoms. The molecule has 0 heterocycles. The van der Waals surface area contributed by atoms with Crippen molar-refractivity contribution >= 4 is 5.91 Å². The van der Waals surface area contributed by atoms with Crippen LogP contribution in [0.15, 0.2) is 24.3 Å². The van der Waals surface area contributed by atoms with Gasteiger partial charge in [-0.2, -0.15) is 13.2 Å². The maximum atomic E-state index is 12.6. The van der Waals surface area contributed by atoms with Crippen LogP contribution in [-0.2, 0) is 27.4 Å². The number of nitrogens with one attached hydrogen (secondary N) is 1. The molecule has 2 unspecified atom stereocenters. The summed E-state index contributed by atoms with van der Waals surface area (Å²) >= 11 is 0. The number of carbonyl (C=O) groups excluding carboxylic acids is 1. The number of ether oxygens (including phenoxy) is 2. The average Bonchev–Trinajstić information content (AvgIpc) is 2.59. The largest absolute Gasteiger partial charge is 0.411 e. The lowest BCUT2D eigenvalue weighted by Crippen LogP contribution is -2.75. The third kappa shape index (κ3) is 5.00. The van der Waals surface area contributed by atoms with Gasteiger partial charge >= 0.3 is 6.18 Å². The Hall–Kier alpha value is -1.64. The third-order valence-corrected chi connectivity index (χ3v) is 5.25. The van der Waals surface area contributed by atoms with E-state index in [2.05, 4.69) is 10.1 Å². The van der Waals surface area contributed by atoms with Crippen LogP contribution in [-0.4, -0.2) is 36.9 Å². The number of rotatable bonds is 8. The molecule has 1 aliphatic rings. The first-order valence-electron chi connectivity index (χ1n) is 8.90. The Morgan fingerprint density at radius 1 is 1.26 bits per heavy atom. The standard InChI is InChI=1S/C19H27F3N2O3/c1-4-27-15-9-18(23,17(15,2)3)16(25)24-10-13-5-7-14(8-6-13)11-26-12-19(20,21)22/h5-8,15H,4,9-12,23H2,1-3H3,(H,24,25). The fraction of sp³-hybridized carbons (Fsp3) is 0.632. The minimum Gasteiger partial charge on any atom is -0.378 e. The van der Waals surface area contributed by atoms with E-state index in [0.29, 0.717) is 18.6 Å². The number of nitrogens with two attached hydrogens (primary N) is 1. The van der Waals surface area contributed by atoms with Crippen molar-refractivity contribution in [3.63, 3.8) is 0 Å². The Kier molecular flexibility index (Phi) is 6.55. The molecule has 1 fully saturated rings. The summed E-state index contributed by atoms with van der Waals surface area (Å²) in [4.78, 5) is 12.6. The van der Waals surface area contributed by atoms with Crippen LogP contribution < -0.4 is 11.1 Å². The normalized spacial score (nSPS) is 24.3. The van der Waals surface area contributed by atoms with E-state index in [0.717, 1.165) is 5.56 Å². The summed E-state index contributed by atoms with van der Waals surface area (Å²) in [5.74, 6) is -0.235. The van der Waals surface area contributed by atoms with Gasteiger partial charge in [0.2, 0.25) is 5.91 Å². The van der Waals surface area contributed by atoms with Crippen molar-refractivity contribution in [3.05, 3.63) is 35.4 Å². The Morgan fingerprint density at radius 3 is 2.37 bits per heavy atom. The van der Waals surface area contributed by atoms with Gasteiger partial charge in [-0.15, -0.1) is 0 Å². The van der Waals surface area contributed by atoms with Gasteiger partial charge < -0.3 is 20.5 Å². The van der Waals surface area contributed by atoms with E-state index in [9.17, 15) is 18.0 Å². The lowest BCUT2D eigenvalue weighted by atomic mass is 9.54. The van der Waals surface area contributed by atoms with Crippen LogP contribution in [0.1, 0.15) is 38.3 Å². The van der Waals surface area contributed by atoms with Gasteiger partial charge in [-0.1, -0.05) is 38.1 Å². The molecule has 1 aliphatic carbocycles. The number of benzene rings is 1. The summed E-state index contributed by atoms with van der Waals surface area (Å²) in [5.41, 5.74) is 6.32. The highest BCUT2D eigenvalue weighted by molar-refractivity contribution is 5.88. The molecular formula is C19H27F3N2O3. The molecule has 1 aromatic carbocycles. The maximum absolute atomic E-state index is 12.6. The molecule has 5 nitrogen and oxygen atoms in total. The van der Waals surface area contributed by atoms with Crippen molar-refractivity contribution in [2.24, 2.45) is 11.1 Å². The lowest BCUT2D eigenvalue weighted by molar-refractivity contribution is -0.176. The van der Waals surface area contributed by atoms with Crippen molar-refractivity contribution in [1.82, 2.24) is 5.32 Å². The molecule has 1 aromatic rings. The fourth-order valence-corrected chi connectivity index (χ4v) is 3.20. The smallest absolute Gasteiger partial charge is 0.378 e. The predicted molar refractivity (Wildman–Crippen MR) is 94.7 cm³/mol. The van der Waals surface area contributed by atoms with Crippen LogP contribution in [0.3, 0.4) is 0 Å². The first kappa shape index (κ1) is 21.7. The molecule has 2 rings (SSSR count). The van der Waals surface area contributed by atoms with E-state index in [4.69, 9.17) is 10.5 Å². The minimum atomic E-state index is -4.33. The Bertz CT molecular complexity index is 647. The van der Waals surface area contributed by atoms with Gasteiger partial charge in [0.25, 0.3) is 0 Å². The Labute approximate surface area is 157 Å². The molecule has 0 aliphatic heterocycles. The SMILES string of the molecule is CCOC1CC(N)(C(=O)NCc2ccc(COCC(F)(F)F)cc2)C1(C)C. The number of alkyl halides is 3. The first-order chi connectivity index (χ1) is 12.5. The van der Waals surface area contributed by atoms with Crippen LogP contribution in [0, 0.1) is 5.41 Å². The summed E-state index contributed by atoms with van der Waals surface area (Å²) in [7, 11) is 0. The second-order valence-electron chi connectivity index (χ2n) is 7.45. The monoisotopic (exact) mass is 388 g/mol. The van der Waals surface area contributed by atoms with Crippen LogP contribution in [0.2, 0.25) is 0 Å². The van der Waals surface area contributed by atoms with Gasteiger partial charge in [-0.3, -0.25) is 4.79 Å². The van der Waals surface area contributed by atoms with E-state index in [1.807, 2.05) is 20.8 Å². The third-order valence-electron chi connectivity index (χ3n) is 5.25. The molecule has 3 N–H and O–H groups in total. The zero-order valence-corrected chi connectivity index (χ0v) is 15.9. The lowest BCUT2D eigenvalue weighted by Gasteiger charge is -2.57. The van der Waals surface area contributed by atoms with Gasteiger partial charge in [0, 0.05) is 25.0 Å².